The van der Waals surface area contributed by atoms with Crippen LogP contribution in [0.2, 0.25) is 0 Å². The van der Waals surface area contributed by atoms with Crippen molar-refractivity contribution in [3.05, 3.63) is 23.3 Å². The first-order chi connectivity index (χ1) is 20.0. The van der Waals surface area contributed by atoms with Crippen LogP contribution in [0.5, 0.6) is 0 Å². The number of ether oxygens (including phenoxy) is 3. The molecule has 4 unspecified atom stereocenters. The van der Waals surface area contributed by atoms with E-state index >= 15 is 0 Å². The molecule has 0 radical (unpaired) electrons. The van der Waals surface area contributed by atoms with Crippen LogP contribution in [0.25, 0.3) is 0 Å². The Balaban J connectivity index is 1.33. The van der Waals surface area contributed by atoms with Gasteiger partial charge in [0.15, 0.2) is 0 Å². The first kappa shape index (κ1) is 33.4. The lowest BCUT2D eigenvalue weighted by Crippen LogP contribution is -2.47. The van der Waals surface area contributed by atoms with Crippen molar-refractivity contribution in [1.82, 2.24) is 0 Å². The summed E-state index contributed by atoms with van der Waals surface area (Å²) >= 11 is 0. The normalized spacial score (nSPS) is 33.6. The molecule has 0 N–H and O–H groups in total. The molecule has 0 spiro atoms. The number of carbonyl (C=O) groups excluding carboxylic acids is 2. The van der Waals surface area contributed by atoms with E-state index in [1.54, 1.807) is 12.7 Å². The molecule has 4 aliphatic rings. The summed E-state index contributed by atoms with van der Waals surface area (Å²) in [5.74, 6) is 3.22. The zero-order valence-electron chi connectivity index (χ0n) is 27.8. The van der Waals surface area contributed by atoms with Crippen LogP contribution in [-0.2, 0) is 23.8 Å². The van der Waals surface area contributed by atoms with E-state index < -0.39 is 5.92 Å². The van der Waals surface area contributed by atoms with Crippen LogP contribution in [0.1, 0.15) is 119 Å². The minimum absolute atomic E-state index is 0.0455. The number of fused-ring (bicyclic) bond motifs is 5. The second-order valence-electron chi connectivity index (χ2n) is 15.2. The average Bonchev–Trinajstić information content (AvgIpc) is 3.30. The lowest BCUT2D eigenvalue weighted by atomic mass is 9.50. The topological polar surface area (TPSA) is 61.8 Å². The molecule has 3 fully saturated rings. The highest BCUT2D eigenvalue weighted by molar-refractivity contribution is 5.84. The molecular weight excluding hydrogens is 524 g/mol. The Morgan fingerprint density at radius 3 is 2.45 bits per heavy atom. The van der Waals surface area contributed by atoms with Crippen molar-refractivity contribution in [2.45, 2.75) is 125 Å². The van der Waals surface area contributed by atoms with E-state index in [1.807, 2.05) is 6.92 Å². The largest absolute Gasteiger partial charge is 0.462 e. The summed E-state index contributed by atoms with van der Waals surface area (Å²) in [5, 5.41) is 0. The summed E-state index contributed by atoms with van der Waals surface area (Å²) < 4.78 is 16.4. The smallest absolute Gasteiger partial charge is 0.309 e. The number of Topliss-reactive ketones (excluding diaryl/α,β-unsaturated/α-hetero) is 1. The zero-order valence-corrected chi connectivity index (χ0v) is 27.8. The van der Waals surface area contributed by atoms with Gasteiger partial charge >= 0.3 is 5.97 Å². The van der Waals surface area contributed by atoms with Crippen LogP contribution in [0.4, 0.5) is 0 Å². The van der Waals surface area contributed by atoms with Crippen molar-refractivity contribution < 1.29 is 23.8 Å². The minimum atomic E-state index is -0.421. The highest BCUT2D eigenvalue weighted by Crippen LogP contribution is 2.66. The van der Waals surface area contributed by atoms with E-state index in [9.17, 15) is 9.59 Å². The van der Waals surface area contributed by atoms with Crippen LogP contribution in [-0.4, -0.2) is 44.8 Å². The Bertz CT molecular complexity index is 996. The molecule has 42 heavy (non-hydrogen) atoms. The number of methoxy groups -OCH3 is 1. The summed E-state index contributed by atoms with van der Waals surface area (Å²) in [7, 11) is 1.62. The maximum atomic E-state index is 12.9. The van der Waals surface area contributed by atoms with Crippen molar-refractivity contribution in [2.24, 2.45) is 46.3 Å². The molecule has 0 bridgehead atoms. The number of hydrogen-bond donors (Lipinski definition) is 0. The predicted octanol–water partition coefficient (Wildman–Crippen LogP) is 8.51. The number of carbonyl (C=O) groups is 2. The summed E-state index contributed by atoms with van der Waals surface area (Å²) in [6.07, 6.45) is 17.7. The molecule has 0 aromatic carbocycles. The predicted molar refractivity (Wildman–Crippen MR) is 169 cm³/mol. The third-order valence-electron chi connectivity index (χ3n) is 11.9. The Kier molecular flexibility index (Phi) is 11.6. The van der Waals surface area contributed by atoms with Gasteiger partial charge in [0, 0.05) is 26.4 Å². The molecule has 0 amide bonds. The molecule has 0 aromatic heterocycles. The van der Waals surface area contributed by atoms with Crippen LogP contribution in [0.15, 0.2) is 23.3 Å². The van der Waals surface area contributed by atoms with Gasteiger partial charge in [0.05, 0.1) is 25.7 Å². The van der Waals surface area contributed by atoms with E-state index in [0.29, 0.717) is 37.6 Å². The Hall–Kier alpha value is -1.46. The maximum Gasteiger partial charge on any atom is 0.309 e. The lowest BCUT2D eigenvalue weighted by Gasteiger charge is -2.55. The van der Waals surface area contributed by atoms with Gasteiger partial charge in [0.1, 0.15) is 11.9 Å². The van der Waals surface area contributed by atoms with Gasteiger partial charge in [-0.05, 0) is 78.9 Å². The van der Waals surface area contributed by atoms with Gasteiger partial charge < -0.3 is 14.2 Å². The quantitative estimate of drug-likeness (QED) is 0.143. The van der Waals surface area contributed by atoms with Gasteiger partial charge in [-0.25, -0.2) is 0 Å². The molecule has 5 nitrogen and oxygen atoms in total. The Labute approximate surface area is 256 Å². The Morgan fingerprint density at radius 1 is 0.929 bits per heavy atom. The van der Waals surface area contributed by atoms with E-state index in [1.165, 1.54) is 50.5 Å². The van der Waals surface area contributed by atoms with Crippen molar-refractivity contribution in [2.75, 3.05) is 26.9 Å². The van der Waals surface area contributed by atoms with Crippen molar-refractivity contribution in [3.63, 3.8) is 0 Å². The van der Waals surface area contributed by atoms with Gasteiger partial charge in [-0.2, -0.15) is 0 Å². The molecule has 0 heterocycles. The Morgan fingerprint density at radius 2 is 1.71 bits per heavy atom. The summed E-state index contributed by atoms with van der Waals surface area (Å²) in [6.45, 7) is 15.5. The van der Waals surface area contributed by atoms with Gasteiger partial charge in [-0.1, -0.05) is 84.1 Å². The van der Waals surface area contributed by atoms with Crippen LogP contribution < -0.4 is 0 Å². The molecule has 0 aromatic rings. The molecular formula is C37H60O5. The molecule has 5 heteroatoms. The number of rotatable bonds is 15. The molecule has 4 aliphatic carbocycles. The SMILES string of the molecule is COCCOCCC(=O)CC(C)C(=O)O[C@H]1CC[C@@]2(C)C(=CC=C3C4CCC([C@H](C)CCCC(C)C)[C@@]4(C)CCC32)C1. The third kappa shape index (κ3) is 7.42. The number of esters is 1. The fourth-order valence-electron chi connectivity index (χ4n) is 9.33. The maximum absolute atomic E-state index is 12.9. The first-order valence-corrected chi connectivity index (χ1v) is 17.2. The zero-order chi connectivity index (χ0) is 30.5. The number of allylic oxidation sites excluding steroid dienone is 3. The van der Waals surface area contributed by atoms with Gasteiger partial charge in [0.2, 0.25) is 0 Å². The van der Waals surface area contributed by atoms with Gasteiger partial charge in [0.25, 0.3) is 0 Å². The van der Waals surface area contributed by atoms with Crippen LogP contribution in [0, 0.1) is 46.3 Å². The molecule has 3 saturated carbocycles. The highest BCUT2D eigenvalue weighted by Gasteiger charge is 2.57. The molecule has 4 rings (SSSR count). The highest BCUT2D eigenvalue weighted by atomic mass is 16.5. The van der Waals surface area contributed by atoms with Crippen molar-refractivity contribution >= 4 is 11.8 Å². The molecule has 0 aliphatic heterocycles. The second kappa shape index (κ2) is 14.5. The van der Waals surface area contributed by atoms with Crippen molar-refractivity contribution in [3.8, 4) is 0 Å². The first-order valence-electron chi connectivity index (χ1n) is 17.2. The van der Waals surface area contributed by atoms with E-state index in [2.05, 4.69) is 46.8 Å². The van der Waals surface area contributed by atoms with Gasteiger partial charge in [-0.3, -0.25) is 9.59 Å². The number of ketones is 1. The van der Waals surface area contributed by atoms with E-state index in [0.717, 1.165) is 42.9 Å². The van der Waals surface area contributed by atoms with Gasteiger partial charge in [-0.15, -0.1) is 0 Å². The van der Waals surface area contributed by atoms with Crippen molar-refractivity contribution in [1.29, 1.82) is 0 Å². The third-order valence-corrected chi connectivity index (χ3v) is 11.9. The van der Waals surface area contributed by atoms with Crippen LogP contribution >= 0.6 is 0 Å². The van der Waals surface area contributed by atoms with Crippen LogP contribution in [0.3, 0.4) is 0 Å². The fraction of sp³-hybridized carbons (Fsp3) is 0.838. The lowest BCUT2D eigenvalue weighted by molar-refractivity contribution is -0.156. The standard InChI is InChI=1S/C37H60O5/c1-25(2)9-8-10-26(3)32-13-14-33-31-12-11-28-24-30(15-18-36(28,5)34(31)16-19-37(32,33)6)42-35(39)27(4)23-29(38)17-20-41-22-21-40-7/h11-12,25-27,30,32-34H,8-10,13-24H2,1-7H3/t26-,27?,30+,32?,33?,34?,36+,37-/m1/s1. The second-order valence-corrected chi connectivity index (χ2v) is 15.2. The van der Waals surface area contributed by atoms with E-state index in [-0.39, 0.29) is 29.7 Å². The van der Waals surface area contributed by atoms with E-state index in [4.69, 9.17) is 14.2 Å². The molecule has 8 atom stereocenters. The monoisotopic (exact) mass is 584 g/mol. The summed E-state index contributed by atoms with van der Waals surface area (Å²) in [5.41, 5.74) is 3.83. The molecule has 238 valence electrons. The summed E-state index contributed by atoms with van der Waals surface area (Å²) in [6, 6.07) is 0. The average molecular weight is 585 g/mol. The fourth-order valence-corrected chi connectivity index (χ4v) is 9.33. The minimum Gasteiger partial charge on any atom is -0.462 e. The summed E-state index contributed by atoms with van der Waals surface area (Å²) in [4.78, 5) is 25.3. The molecule has 0 saturated heterocycles. The number of hydrogen-bond acceptors (Lipinski definition) is 5.